The number of carbonyl (C=O) groups is 1. The highest BCUT2D eigenvalue weighted by Crippen LogP contribution is 2.21. The average molecular weight is 283 g/mol. The molecule has 0 aliphatic heterocycles. The van der Waals surface area contributed by atoms with Crippen LogP contribution in [0.2, 0.25) is 0 Å². The molecule has 0 fully saturated rings. The molecule has 2 nitrogen and oxygen atoms in total. The van der Waals surface area contributed by atoms with Crippen molar-refractivity contribution in [3.8, 4) is 0 Å². The van der Waals surface area contributed by atoms with E-state index in [4.69, 9.17) is 0 Å². The van der Waals surface area contributed by atoms with E-state index in [1.54, 1.807) is 17.1 Å². The van der Waals surface area contributed by atoms with Gasteiger partial charge in [-0.25, -0.2) is 0 Å². The van der Waals surface area contributed by atoms with Gasteiger partial charge in [-0.1, -0.05) is 57.3 Å². The third-order valence-corrected chi connectivity index (χ3v) is 3.54. The first-order valence-electron chi connectivity index (χ1n) is 7.24. The predicted octanol–water partition coefficient (Wildman–Crippen LogP) is 4.63. The van der Waals surface area contributed by atoms with Crippen molar-refractivity contribution in [1.29, 1.82) is 0 Å². The summed E-state index contributed by atoms with van der Waals surface area (Å²) in [6.45, 7) is 16.0. The summed E-state index contributed by atoms with van der Waals surface area (Å²) in [5.41, 5.74) is 4.10. The summed E-state index contributed by atoms with van der Waals surface area (Å²) < 4.78 is 0. The van der Waals surface area contributed by atoms with Gasteiger partial charge in [0.2, 0.25) is 5.91 Å². The number of allylic oxidation sites excluding steroid dienone is 3. The lowest BCUT2D eigenvalue weighted by molar-refractivity contribution is -0.132. The summed E-state index contributed by atoms with van der Waals surface area (Å²) in [6, 6.07) is 8.12. The van der Waals surface area contributed by atoms with E-state index in [2.05, 4.69) is 32.2 Å². The summed E-state index contributed by atoms with van der Waals surface area (Å²) in [5, 5.41) is 0. The molecule has 0 radical (unpaired) electrons. The summed E-state index contributed by atoms with van der Waals surface area (Å²) >= 11 is 0. The van der Waals surface area contributed by atoms with Crippen molar-refractivity contribution in [3.63, 3.8) is 0 Å². The van der Waals surface area contributed by atoms with E-state index in [1.165, 1.54) is 5.56 Å². The van der Waals surface area contributed by atoms with Crippen LogP contribution in [0.25, 0.3) is 0 Å². The minimum Gasteiger partial charge on any atom is -0.308 e. The standard InChI is InChI=1S/C19H25NO/c1-7-15(5)18(8-2)20(19(21)14(3)4)13-17-12-10-9-11-16(17)6/h7-12,14H,1-2,13H2,3-6H3/b18-15+. The Balaban J connectivity index is 3.27. The van der Waals surface area contributed by atoms with Crippen LogP contribution in [0.1, 0.15) is 31.9 Å². The second-order valence-corrected chi connectivity index (χ2v) is 5.48. The Morgan fingerprint density at radius 1 is 1.24 bits per heavy atom. The molecule has 1 amide bonds. The highest BCUT2D eigenvalue weighted by molar-refractivity contribution is 5.80. The van der Waals surface area contributed by atoms with Gasteiger partial charge >= 0.3 is 0 Å². The fourth-order valence-electron chi connectivity index (χ4n) is 2.14. The zero-order chi connectivity index (χ0) is 16.0. The van der Waals surface area contributed by atoms with Crippen LogP contribution >= 0.6 is 0 Å². The fraction of sp³-hybridized carbons (Fsp3) is 0.316. The number of hydrogen-bond donors (Lipinski definition) is 0. The maximum absolute atomic E-state index is 12.6. The SMILES string of the molecule is C=C/C(C)=C(\C=C)N(Cc1ccccc1C)C(=O)C(C)C. The Morgan fingerprint density at radius 3 is 2.33 bits per heavy atom. The van der Waals surface area contributed by atoms with Crippen molar-refractivity contribution < 1.29 is 4.79 Å². The van der Waals surface area contributed by atoms with Gasteiger partial charge in [-0.2, -0.15) is 0 Å². The van der Waals surface area contributed by atoms with Gasteiger partial charge in [-0.15, -0.1) is 0 Å². The third kappa shape index (κ3) is 4.19. The number of aryl methyl sites for hydroxylation is 1. The van der Waals surface area contributed by atoms with Crippen LogP contribution in [-0.2, 0) is 11.3 Å². The lowest BCUT2D eigenvalue weighted by atomic mass is 10.1. The minimum absolute atomic E-state index is 0.0680. The van der Waals surface area contributed by atoms with E-state index < -0.39 is 0 Å². The van der Waals surface area contributed by atoms with Gasteiger partial charge < -0.3 is 4.90 Å². The molecule has 0 atom stereocenters. The maximum atomic E-state index is 12.6. The van der Waals surface area contributed by atoms with E-state index in [0.717, 1.165) is 16.8 Å². The molecule has 2 heteroatoms. The molecule has 0 saturated heterocycles. The summed E-state index contributed by atoms with van der Waals surface area (Å²) in [4.78, 5) is 14.4. The molecule has 0 saturated carbocycles. The van der Waals surface area contributed by atoms with E-state index in [0.29, 0.717) is 6.54 Å². The molecule has 0 bridgehead atoms. The second kappa shape index (κ2) is 7.63. The Labute approximate surface area is 128 Å². The Bertz CT molecular complexity index is 567. The monoisotopic (exact) mass is 283 g/mol. The van der Waals surface area contributed by atoms with Gasteiger partial charge in [-0.3, -0.25) is 4.79 Å². The number of benzene rings is 1. The molecule has 0 heterocycles. The zero-order valence-corrected chi connectivity index (χ0v) is 13.5. The second-order valence-electron chi connectivity index (χ2n) is 5.48. The smallest absolute Gasteiger partial charge is 0.229 e. The molecule has 1 aromatic rings. The van der Waals surface area contributed by atoms with Crippen LogP contribution in [0.4, 0.5) is 0 Å². The molecule has 1 aromatic carbocycles. The van der Waals surface area contributed by atoms with Crippen molar-refractivity contribution in [2.45, 2.75) is 34.2 Å². The van der Waals surface area contributed by atoms with Crippen LogP contribution < -0.4 is 0 Å². The molecule has 0 aromatic heterocycles. The van der Waals surface area contributed by atoms with E-state index >= 15 is 0 Å². The molecule has 0 aliphatic rings. The largest absolute Gasteiger partial charge is 0.308 e. The van der Waals surface area contributed by atoms with Crippen LogP contribution in [-0.4, -0.2) is 10.8 Å². The molecule has 112 valence electrons. The first-order valence-corrected chi connectivity index (χ1v) is 7.24. The van der Waals surface area contributed by atoms with E-state index in [-0.39, 0.29) is 11.8 Å². The average Bonchev–Trinajstić information content (AvgIpc) is 2.47. The normalized spacial score (nSPS) is 11.9. The van der Waals surface area contributed by atoms with Crippen LogP contribution in [0.3, 0.4) is 0 Å². The highest BCUT2D eigenvalue weighted by atomic mass is 16.2. The number of hydrogen-bond acceptors (Lipinski definition) is 1. The molecular weight excluding hydrogens is 258 g/mol. The van der Waals surface area contributed by atoms with Crippen molar-refractivity contribution in [2.75, 3.05) is 0 Å². The van der Waals surface area contributed by atoms with Gasteiger partial charge in [0.05, 0.1) is 6.54 Å². The van der Waals surface area contributed by atoms with Gasteiger partial charge in [0, 0.05) is 11.6 Å². The van der Waals surface area contributed by atoms with Gasteiger partial charge in [0.15, 0.2) is 0 Å². The van der Waals surface area contributed by atoms with Crippen molar-refractivity contribution in [2.24, 2.45) is 5.92 Å². The molecule has 0 N–H and O–H groups in total. The third-order valence-electron chi connectivity index (χ3n) is 3.54. The zero-order valence-electron chi connectivity index (χ0n) is 13.5. The first kappa shape index (κ1) is 17.0. The molecule has 0 unspecified atom stereocenters. The van der Waals surface area contributed by atoms with E-state index in [1.807, 2.05) is 32.9 Å². The quantitative estimate of drug-likeness (QED) is 0.697. The predicted molar refractivity (Wildman–Crippen MR) is 89.7 cm³/mol. The Kier molecular flexibility index (Phi) is 6.16. The van der Waals surface area contributed by atoms with Crippen LogP contribution in [0.5, 0.6) is 0 Å². The van der Waals surface area contributed by atoms with Crippen LogP contribution in [0, 0.1) is 12.8 Å². The first-order chi connectivity index (χ1) is 9.92. The van der Waals surface area contributed by atoms with Crippen LogP contribution in [0.15, 0.2) is 60.8 Å². The number of nitrogens with zero attached hydrogens (tertiary/aromatic N) is 1. The summed E-state index contributed by atoms with van der Waals surface area (Å²) in [5.74, 6) is 0.0240. The molecule has 0 spiro atoms. The molecule has 21 heavy (non-hydrogen) atoms. The molecular formula is C19H25NO. The number of amides is 1. The Hall–Kier alpha value is -2.09. The van der Waals surface area contributed by atoms with Gasteiger partial charge in [0.1, 0.15) is 0 Å². The van der Waals surface area contributed by atoms with Crippen molar-refractivity contribution in [1.82, 2.24) is 4.90 Å². The lowest BCUT2D eigenvalue weighted by Crippen LogP contribution is -2.33. The summed E-state index contributed by atoms with van der Waals surface area (Å²) in [7, 11) is 0. The fourth-order valence-corrected chi connectivity index (χ4v) is 2.14. The summed E-state index contributed by atoms with van der Waals surface area (Å²) in [6.07, 6.45) is 3.49. The topological polar surface area (TPSA) is 20.3 Å². The number of rotatable bonds is 6. The number of carbonyl (C=O) groups excluding carboxylic acids is 1. The van der Waals surface area contributed by atoms with Crippen molar-refractivity contribution in [3.05, 3.63) is 72.0 Å². The highest BCUT2D eigenvalue weighted by Gasteiger charge is 2.21. The van der Waals surface area contributed by atoms with Gasteiger partial charge in [0.25, 0.3) is 0 Å². The van der Waals surface area contributed by atoms with Crippen molar-refractivity contribution >= 4 is 5.91 Å². The molecule has 0 aliphatic carbocycles. The lowest BCUT2D eigenvalue weighted by Gasteiger charge is -2.27. The Morgan fingerprint density at radius 2 is 1.86 bits per heavy atom. The van der Waals surface area contributed by atoms with Gasteiger partial charge in [-0.05, 0) is 36.6 Å². The molecule has 1 rings (SSSR count). The maximum Gasteiger partial charge on any atom is 0.229 e. The van der Waals surface area contributed by atoms with E-state index in [9.17, 15) is 4.79 Å². The minimum atomic E-state index is -0.0680.